The van der Waals surface area contributed by atoms with E-state index in [9.17, 15) is 0 Å². The quantitative estimate of drug-likeness (QED) is 0.110. The summed E-state index contributed by atoms with van der Waals surface area (Å²) in [5.41, 5.74) is 21.7. The second-order valence-electron chi connectivity index (χ2n) is 22.3. The zero-order valence-electron chi connectivity index (χ0n) is 49.0. The van der Waals surface area contributed by atoms with Crippen LogP contribution in [0.15, 0.2) is 338 Å². The molecule has 13 aromatic rings. The average molecular weight is 1140 g/mol. The van der Waals surface area contributed by atoms with Gasteiger partial charge in [-0.25, -0.2) is 19.9 Å². The summed E-state index contributed by atoms with van der Waals surface area (Å²) in [6.45, 7) is 2.11. The van der Waals surface area contributed by atoms with Crippen molar-refractivity contribution >= 4 is 17.3 Å². The molecule has 1 aliphatic rings. The Morgan fingerprint density at radius 1 is 0.292 bits per heavy atom. The van der Waals surface area contributed by atoms with E-state index in [4.69, 9.17) is 19.9 Å². The number of ketones is 1. The largest absolute Gasteiger partial charge is 0.337 e. The maximum atomic E-state index is 16.2. The Morgan fingerprint density at radius 2 is 0.539 bits per heavy atom. The third kappa shape index (κ3) is 12.3. The first-order valence-corrected chi connectivity index (χ1v) is 30.0. The molecule has 0 bridgehead atoms. The van der Waals surface area contributed by atoms with E-state index >= 15 is 4.79 Å². The van der Waals surface area contributed by atoms with Gasteiger partial charge >= 0.3 is 0 Å². The second kappa shape index (κ2) is 25.1. The number of aromatic nitrogens is 3. The van der Waals surface area contributed by atoms with Crippen molar-refractivity contribution < 1.29 is 4.79 Å². The SMILES string of the molecule is CC1=C(c2cc(-c3ccccc3)cc(-c3ccccc3)c2)N=C(c2cc(-c3ccccc3)cc(-c3ccccc3)c2)N/C(C(=O)c2nc(-c3cc(-c4ccccc4)cc(-c4ccccc4)c3)nc(-c3cc(-c4ccccc4)cc(-c4ccccc4)c3)n2)=C/C1. The average Bonchev–Trinajstić information content (AvgIpc) is 2.52. The molecule has 0 saturated carbocycles. The summed E-state index contributed by atoms with van der Waals surface area (Å²) in [6.07, 6.45) is 2.36. The number of rotatable bonds is 14. The fourth-order valence-corrected chi connectivity index (χ4v) is 11.6. The fraction of sp³-hybridized carbons (Fsp3) is 0.0241. The molecule has 0 fully saturated rings. The Labute approximate surface area is 519 Å². The van der Waals surface area contributed by atoms with Gasteiger partial charge in [0.15, 0.2) is 11.6 Å². The zero-order valence-corrected chi connectivity index (χ0v) is 49.0. The lowest BCUT2D eigenvalue weighted by Crippen LogP contribution is -2.30. The van der Waals surface area contributed by atoms with E-state index in [1.54, 1.807) is 0 Å². The van der Waals surface area contributed by atoms with E-state index in [0.717, 1.165) is 123 Å². The van der Waals surface area contributed by atoms with Gasteiger partial charge in [0.1, 0.15) is 5.84 Å². The van der Waals surface area contributed by atoms with Crippen LogP contribution in [0, 0.1) is 0 Å². The van der Waals surface area contributed by atoms with E-state index in [2.05, 4.69) is 231 Å². The zero-order chi connectivity index (χ0) is 59.9. The molecule has 0 unspecified atom stereocenters. The lowest BCUT2D eigenvalue weighted by Gasteiger charge is -2.21. The smallest absolute Gasteiger partial charge is 0.246 e. The first kappa shape index (κ1) is 55.2. The number of aliphatic imine (C=N–C) groups is 1. The van der Waals surface area contributed by atoms with E-state index < -0.39 is 5.78 Å². The normalized spacial score (nSPS) is 12.9. The summed E-state index contributed by atoms with van der Waals surface area (Å²) in [4.78, 5) is 37.9. The van der Waals surface area contributed by atoms with Crippen molar-refractivity contribution in [3.05, 3.63) is 350 Å². The molecule has 6 heteroatoms. The minimum atomic E-state index is -0.413. The molecule has 0 atom stereocenters. The molecule has 0 aliphatic carbocycles. The molecule has 1 aliphatic heterocycles. The summed E-state index contributed by atoms with van der Waals surface area (Å²) < 4.78 is 0. The van der Waals surface area contributed by atoms with E-state index in [-0.39, 0.29) is 11.5 Å². The molecule has 422 valence electrons. The predicted molar refractivity (Wildman–Crippen MR) is 366 cm³/mol. The molecule has 0 spiro atoms. The maximum Gasteiger partial charge on any atom is 0.246 e. The molecule has 0 saturated heterocycles. The van der Waals surface area contributed by atoms with Gasteiger partial charge in [0.25, 0.3) is 0 Å². The molecule has 2 heterocycles. The van der Waals surface area contributed by atoms with Crippen molar-refractivity contribution in [1.29, 1.82) is 0 Å². The Balaban J connectivity index is 0.981. The van der Waals surface area contributed by atoms with Crippen molar-refractivity contribution in [3.8, 4) is 112 Å². The van der Waals surface area contributed by atoms with E-state index in [1.807, 2.05) is 103 Å². The highest BCUT2D eigenvalue weighted by Gasteiger charge is 2.26. The third-order valence-electron chi connectivity index (χ3n) is 16.2. The van der Waals surface area contributed by atoms with Gasteiger partial charge in [-0.1, -0.05) is 249 Å². The fourth-order valence-electron chi connectivity index (χ4n) is 11.6. The summed E-state index contributed by atoms with van der Waals surface area (Å²) in [5, 5.41) is 3.71. The summed E-state index contributed by atoms with van der Waals surface area (Å²) in [7, 11) is 0. The highest BCUT2D eigenvalue weighted by atomic mass is 16.1. The van der Waals surface area contributed by atoms with Crippen LogP contribution >= 0.6 is 0 Å². The summed E-state index contributed by atoms with van der Waals surface area (Å²) in [6, 6.07) is 109. The number of amidine groups is 1. The van der Waals surface area contributed by atoms with Crippen LogP contribution in [0.1, 0.15) is 35.1 Å². The van der Waals surface area contributed by atoms with Crippen molar-refractivity contribution in [2.24, 2.45) is 4.99 Å². The standard InChI is InChI=1S/C83H59N5O/c1-56-42-43-77(84-80(74-50-67(59-30-14-4-15-31-59)45-68(51-74)60-32-16-5-17-33-60)85-78(56)73-48-65(57-26-10-2-11-27-57)44-66(49-73)58-28-12-3-13-29-58)79(89)83-87-81(75-52-69(61-34-18-6-19-35-61)46-70(53-75)62-36-20-7-21-37-62)86-82(88-83)76-54-71(63-38-22-8-23-39-63)47-72(55-76)64-40-24-9-25-41-64/h2-41,43-55H,42H2,1H3,(H,84,85)/b77-43+,78-56?. The lowest BCUT2D eigenvalue weighted by atomic mass is 9.93. The molecule has 89 heavy (non-hydrogen) atoms. The number of hydrogen-bond acceptors (Lipinski definition) is 6. The van der Waals surface area contributed by atoms with E-state index in [0.29, 0.717) is 23.9 Å². The molecule has 6 nitrogen and oxygen atoms in total. The Bertz CT molecular complexity index is 4420. The van der Waals surface area contributed by atoms with Crippen LogP contribution in [0.5, 0.6) is 0 Å². The number of nitrogens with zero attached hydrogens (tertiary/aromatic N) is 4. The van der Waals surface area contributed by atoms with Crippen LogP contribution in [-0.4, -0.2) is 26.6 Å². The summed E-state index contributed by atoms with van der Waals surface area (Å²) >= 11 is 0. The topological polar surface area (TPSA) is 80.1 Å². The van der Waals surface area contributed by atoms with Crippen LogP contribution in [0.2, 0.25) is 0 Å². The number of carbonyl (C=O) groups is 1. The molecular weight excluding hydrogens is 1080 g/mol. The third-order valence-corrected chi connectivity index (χ3v) is 16.2. The van der Waals surface area contributed by atoms with Crippen LogP contribution in [0.3, 0.4) is 0 Å². The van der Waals surface area contributed by atoms with Crippen LogP contribution < -0.4 is 5.32 Å². The van der Waals surface area contributed by atoms with Gasteiger partial charge < -0.3 is 5.32 Å². The molecule has 1 aromatic heterocycles. The number of Topliss-reactive ketones (excluding diaryl/α,β-unsaturated/α-hetero) is 1. The highest BCUT2D eigenvalue weighted by Crippen LogP contribution is 2.39. The van der Waals surface area contributed by atoms with Crippen LogP contribution in [-0.2, 0) is 0 Å². The molecule has 1 N–H and O–H groups in total. The van der Waals surface area contributed by atoms with Crippen LogP contribution in [0.25, 0.3) is 117 Å². The van der Waals surface area contributed by atoms with Gasteiger partial charge in [-0.3, -0.25) is 4.79 Å². The minimum absolute atomic E-state index is 0.0191. The van der Waals surface area contributed by atoms with Gasteiger partial charge in [0.2, 0.25) is 11.6 Å². The molecule has 0 amide bonds. The van der Waals surface area contributed by atoms with Crippen LogP contribution in [0.4, 0.5) is 0 Å². The molecular formula is C83H59N5O. The molecule has 12 aromatic carbocycles. The summed E-state index contributed by atoms with van der Waals surface area (Å²) in [5.74, 6) is 0.765. The molecule has 0 radical (unpaired) electrons. The first-order chi connectivity index (χ1) is 43.9. The Kier molecular flexibility index (Phi) is 15.5. The van der Waals surface area contributed by atoms with Gasteiger partial charge in [0.05, 0.1) is 11.4 Å². The monoisotopic (exact) mass is 1140 g/mol. The number of nitrogens with one attached hydrogen (secondary N) is 1. The Hall–Kier alpha value is -11.7. The Morgan fingerprint density at radius 3 is 0.820 bits per heavy atom. The predicted octanol–water partition coefficient (Wildman–Crippen LogP) is 20.5. The van der Waals surface area contributed by atoms with E-state index in [1.165, 1.54) is 0 Å². The minimum Gasteiger partial charge on any atom is -0.337 e. The number of allylic oxidation sites excluding steroid dienone is 3. The number of benzene rings is 12. The van der Waals surface area contributed by atoms with Gasteiger partial charge in [-0.15, -0.1) is 0 Å². The number of hydrogen-bond donors (Lipinski definition) is 1. The van der Waals surface area contributed by atoms with Crippen molar-refractivity contribution in [2.45, 2.75) is 13.3 Å². The van der Waals surface area contributed by atoms with Crippen molar-refractivity contribution in [3.63, 3.8) is 0 Å². The highest BCUT2D eigenvalue weighted by molar-refractivity contribution is 6.13. The lowest BCUT2D eigenvalue weighted by molar-refractivity contribution is 0.102. The first-order valence-electron chi connectivity index (χ1n) is 30.0. The van der Waals surface area contributed by atoms with Gasteiger partial charge in [0, 0.05) is 22.3 Å². The maximum absolute atomic E-state index is 16.2. The van der Waals surface area contributed by atoms with Gasteiger partial charge in [-0.2, -0.15) is 0 Å². The van der Waals surface area contributed by atoms with Gasteiger partial charge in [-0.05, 0) is 181 Å². The number of carbonyl (C=O) groups excluding carboxylic acids is 1. The molecule has 14 rings (SSSR count). The second-order valence-corrected chi connectivity index (χ2v) is 22.3. The van der Waals surface area contributed by atoms with Crippen molar-refractivity contribution in [1.82, 2.24) is 20.3 Å². The van der Waals surface area contributed by atoms with Crippen molar-refractivity contribution in [2.75, 3.05) is 0 Å².